The molecule has 3 rings (SSSR count). The fourth-order valence-corrected chi connectivity index (χ4v) is 5.13. The van der Waals surface area contributed by atoms with E-state index < -0.39 is 9.84 Å². The van der Waals surface area contributed by atoms with Crippen LogP contribution in [0.5, 0.6) is 0 Å². The normalized spacial score (nSPS) is 19.2. The first-order chi connectivity index (χ1) is 11.8. The van der Waals surface area contributed by atoms with Gasteiger partial charge >= 0.3 is 0 Å². The molecule has 1 aliphatic heterocycles. The van der Waals surface area contributed by atoms with Gasteiger partial charge in [0.05, 0.1) is 11.4 Å². The van der Waals surface area contributed by atoms with Crippen molar-refractivity contribution in [3.8, 4) is 5.69 Å². The summed E-state index contributed by atoms with van der Waals surface area (Å²) in [6.45, 7) is 6.94. The smallest absolute Gasteiger partial charge is 0.147 e. The van der Waals surface area contributed by atoms with Crippen LogP contribution in [-0.4, -0.2) is 48.2 Å². The summed E-state index contributed by atoms with van der Waals surface area (Å²) in [7, 11) is -2.92. The number of aromatic nitrogens is 2. The van der Waals surface area contributed by atoms with Crippen molar-refractivity contribution < 1.29 is 8.42 Å². The fourth-order valence-electron chi connectivity index (χ4n) is 4.00. The second kappa shape index (κ2) is 7.30. The van der Waals surface area contributed by atoms with Gasteiger partial charge in [-0.05, 0) is 56.3 Å². The first-order valence-electron chi connectivity index (χ1n) is 8.82. The molecule has 0 spiro atoms. The number of rotatable bonds is 5. The highest BCUT2D eigenvalue weighted by Gasteiger charge is 2.24. The lowest BCUT2D eigenvalue weighted by Crippen LogP contribution is -2.37. The average molecular weight is 362 g/mol. The average Bonchev–Trinajstić information content (AvgIpc) is 2.99. The van der Waals surface area contributed by atoms with E-state index in [1.165, 1.54) is 22.9 Å². The number of likely N-dealkylation sites (tertiary alicyclic amines) is 1. The van der Waals surface area contributed by atoms with Gasteiger partial charge in [-0.2, -0.15) is 5.10 Å². The molecule has 0 N–H and O–H groups in total. The zero-order chi connectivity index (χ0) is 18.0. The number of nitrogens with zero attached hydrogens (tertiary/aromatic N) is 3. The predicted molar refractivity (Wildman–Crippen MR) is 101 cm³/mol. The SMILES string of the molecule is Cc1cc(C)c(-n2cccn2)c(CN2CCC[C@@H](CS(C)(=O)=O)C2)c1. The molecule has 6 heteroatoms. The van der Waals surface area contributed by atoms with Crippen LogP contribution in [-0.2, 0) is 16.4 Å². The summed E-state index contributed by atoms with van der Waals surface area (Å²) < 4.78 is 25.2. The Morgan fingerprint density at radius 1 is 1.28 bits per heavy atom. The molecular formula is C19H27N3O2S. The van der Waals surface area contributed by atoms with Gasteiger partial charge in [-0.25, -0.2) is 13.1 Å². The Bertz CT molecular complexity index is 829. The standard InChI is InChI=1S/C19H27N3O2S/c1-15-10-16(2)19(22-9-5-7-20-22)18(11-15)13-21-8-4-6-17(12-21)14-25(3,23)24/h5,7,9-11,17H,4,6,8,12-14H2,1-3H3/t17-/m1/s1. The Morgan fingerprint density at radius 3 is 2.76 bits per heavy atom. The van der Waals surface area contributed by atoms with Gasteiger partial charge in [0.15, 0.2) is 0 Å². The number of hydrogen-bond acceptors (Lipinski definition) is 4. The minimum Gasteiger partial charge on any atom is -0.299 e. The van der Waals surface area contributed by atoms with Gasteiger partial charge in [0.1, 0.15) is 9.84 Å². The minimum atomic E-state index is -2.92. The molecule has 0 radical (unpaired) electrons. The maximum Gasteiger partial charge on any atom is 0.147 e. The van der Waals surface area contributed by atoms with E-state index in [0.717, 1.165) is 38.2 Å². The third kappa shape index (κ3) is 4.70. The molecule has 136 valence electrons. The van der Waals surface area contributed by atoms with Crippen LogP contribution in [0.2, 0.25) is 0 Å². The minimum absolute atomic E-state index is 0.239. The Labute approximate surface area is 150 Å². The lowest BCUT2D eigenvalue weighted by Gasteiger charge is -2.33. The molecular weight excluding hydrogens is 334 g/mol. The van der Waals surface area contributed by atoms with Gasteiger partial charge in [0.25, 0.3) is 0 Å². The summed E-state index contributed by atoms with van der Waals surface area (Å²) in [5.41, 5.74) is 4.85. The van der Waals surface area contributed by atoms with Crippen LogP contribution in [0.4, 0.5) is 0 Å². The second-order valence-electron chi connectivity index (χ2n) is 7.38. The molecule has 5 nitrogen and oxygen atoms in total. The molecule has 1 fully saturated rings. The van der Waals surface area contributed by atoms with Crippen molar-refractivity contribution in [2.24, 2.45) is 5.92 Å². The molecule has 0 bridgehead atoms. The summed E-state index contributed by atoms with van der Waals surface area (Å²) in [6.07, 6.45) is 7.17. The predicted octanol–water partition coefficient (Wildman–Crippen LogP) is 2.75. The maximum absolute atomic E-state index is 11.6. The van der Waals surface area contributed by atoms with Crippen molar-refractivity contribution in [1.82, 2.24) is 14.7 Å². The summed E-state index contributed by atoms with van der Waals surface area (Å²) in [4.78, 5) is 2.39. The number of sulfone groups is 1. The van der Waals surface area contributed by atoms with E-state index in [9.17, 15) is 8.42 Å². The Morgan fingerprint density at radius 2 is 2.08 bits per heavy atom. The highest BCUT2D eigenvalue weighted by atomic mass is 32.2. The molecule has 0 unspecified atom stereocenters. The molecule has 0 aliphatic carbocycles. The van der Waals surface area contributed by atoms with Gasteiger partial charge < -0.3 is 0 Å². The highest BCUT2D eigenvalue weighted by molar-refractivity contribution is 7.90. The molecule has 1 aromatic carbocycles. The third-order valence-electron chi connectivity index (χ3n) is 4.79. The van der Waals surface area contributed by atoms with Gasteiger partial charge in [0.2, 0.25) is 0 Å². The van der Waals surface area contributed by atoms with Gasteiger partial charge in [-0.1, -0.05) is 17.7 Å². The van der Waals surface area contributed by atoms with Crippen LogP contribution in [0.15, 0.2) is 30.6 Å². The topological polar surface area (TPSA) is 55.2 Å². The second-order valence-corrected chi connectivity index (χ2v) is 9.56. The summed E-state index contributed by atoms with van der Waals surface area (Å²) in [5.74, 6) is 0.533. The van der Waals surface area contributed by atoms with Crippen molar-refractivity contribution in [2.45, 2.75) is 33.2 Å². The maximum atomic E-state index is 11.6. The Hall–Kier alpha value is -1.66. The summed E-state index contributed by atoms with van der Waals surface area (Å²) in [6, 6.07) is 6.35. The van der Waals surface area contributed by atoms with E-state index in [1.54, 1.807) is 6.20 Å². The van der Waals surface area contributed by atoms with Crippen LogP contribution in [0.1, 0.15) is 29.5 Å². The van der Waals surface area contributed by atoms with E-state index in [1.807, 2.05) is 16.9 Å². The molecule has 1 aromatic heterocycles. The lowest BCUT2D eigenvalue weighted by molar-refractivity contribution is 0.177. The van der Waals surface area contributed by atoms with Crippen molar-refractivity contribution in [3.05, 3.63) is 47.3 Å². The molecule has 0 amide bonds. The summed E-state index contributed by atoms with van der Waals surface area (Å²) >= 11 is 0. The number of aryl methyl sites for hydroxylation is 2. The lowest BCUT2D eigenvalue weighted by atomic mass is 9.98. The first-order valence-corrected chi connectivity index (χ1v) is 10.9. The van der Waals surface area contributed by atoms with Crippen LogP contribution >= 0.6 is 0 Å². The molecule has 1 atom stereocenters. The number of piperidine rings is 1. The third-order valence-corrected chi connectivity index (χ3v) is 5.87. The zero-order valence-corrected chi connectivity index (χ0v) is 16.1. The largest absolute Gasteiger partial charge is 0.299 e. The van der Waals surface area contributed by atoms with Crippen LogP contribution in [0.3, 0.4) is 0 Å². The molecule has 0 saturated carbocycles. The number of benzene rings is 1. The van der Waals surface area contributed by atoms with Crippen molar-refractivity contribution in [2.75, 3.05) is 25.1 Å². The van der Waals surface area contributed by atoms with E-state index >= 15 is 0 Å². The van der Waals surface area contributed by atoms with Crippen molar-refractivity contribution in [1.29, 1.82) is 0 Å². The van der Waals surface area contributed by atoms with Gasteiger partial charge in [-0.3, -0.25) is 4.90 Å². The molecule has 2 aromatic rings. The van der Waals surface area contributed by atoms with Crippen LogP contribution in [0, 0.1) is 19.8 Å². The number of hydrogen-bond donors (Lipinski definition) is 0. The van der Waals surface area contributed by atoms with Gasteiger partial charge in [-0.15, -0.1) is 0 Å². The highest BCUT2D eigenvalue weighted by Crippen LogP contribution is 2.25. The monoisotopic (exact) mass is 361 g/mol. The van der Waals surface area contributed by atoms with E-state index in [-0.39, 0.29) is 5.92 Å². The summed E-state index contributed by atoms with van der Waals surface area (Å²) in [5, 5.41) is 4.41. The van der Waals surface area contributed by atoms with Crippen LogP contribution in [0.25, 0.3) is 5.69 Å². The van der Waals surface area contributed by atoms with Crippen molar-refractivity contribution in [3.63, 3.8) is 0 Å². The fraction of sp³-hybridized carbons (Fsp3) is 0.526. The molecule has 2 heterocycles. The van der Waals surface area contributed by atoms with E-state index in [0.29, 0.717) is 5.75 Å². The van der Waals surface area contributed by atoms with E-state index in [2.05, 4.69) is 36.0 Å². The van der Waals surface area contributed by atoms with Gasteiger partial charge in [0, 0.05) is 31.7 Å². The van der Waals surface area contributed by atoms with Crippen molar-refractivity contribution >= 4 is 9.84 Å². The van der Waals surface area contributed by atoms with Crippen LogP contribution < -0.4 is 0 Å². The van der Waals surface area contributed by atoms with E-state index in [4.69, 9.17) is 0 Å². The molecule has 1 aliphatic rings. The quantitative estimate of drug-likeness (QED) is 0.822. The zero-order valence-electron chi connectivity index (χ0n) is 15.3. The molecule has 1 saturated heterocycles. The first kappa shape index (κ1) is 18.1. The molecule has 25 heavy (non-hydrogen) atoms. The Kier molecular flexibility index (Phi) is 5.29. The Balaban J connectivity index is 1.83.